The lowest BCUT2D eigenvalue weighted by molar-refractivity contribution is 0.0919. The van der Waals surface area contributed by atoms with Gasteiger partial charge in [0.2, 0.25) is 3.79 Å². The summed E-state index contributed by atoms with van der Waals surface area (Å²) in [6, 6.07) is 9.60. The third kappa shape index (κ3) is 3.97. The minimum Gasteiger partial charge on any atom is -0.328 e. The van der Waals surface area contributed by atoms with Crippen LogP contribution in [0, 0.1) is 0 Å². The van der Waals surface area contributed by atoms with Gasteiger partial charge in [-0.3, -0.25) is 14.2 Å². The average Bonchev–Trinajstić information content (AvgIpc) is 2.45. The lowest BCUT2D eigenvalue weighted by atomic mass is 10.2. The smallest absolute Gasteiger partial charge is 0.255 e. The monoisotopic (exact) mass is 345 g/mol. The van der Waals surface area contributed by atoms with Gasteiger partial charge in [-0.15, -0.1) is 0 Å². The van der Waals surface area contributed by atoms with Crippen molar-refractivity contribution in [3.8, 4) is 0 Å². The van der Waals surface area contributed by atoms with Gasteiger partial charge in [0.1, 0.15) is 0 Å². The van der Waals surface area contributed by atoms with E-state index in [1.165, 1.54) is 18.6 Å². The summed E-state index contributed by atoms with van der Waals surface area (Å²) in [5, 5.41) is 2.52. The second-order valence-corrected chi connectivity index (χ2v) is 6.48. The molecule has 110 valence electrons. The van der Waals surface area contributed by atoms with Crippen LogP contribution in [0.1, 0.15) is 16.5 Å². The van der Waals surface area contributed by atoms with Crippen LogP contribution in [-0.2, 0) is 0 Å². The van der Waals surface area contributed by atoms with E-state index < -0.39 is 21.4 Å². The van der Waals surface area contributed by atoms with Crippen LogP contribution in [0.2, 0.25) is 0 Å². The molecule has 1 N–H and O–H groups in total. The molecular formula is C13H10Cl3N3O2. The topological polar surface area (TPSA) is 64.0 Å². The number of benzene rings is 1. The summed E-state index contributed by atoms with van der Waals surface area (Å²) in [6.07, 6.45) is 1.32. The Labute approximate surface area is 135 Å². The Morgan fingerprint density at radius 1 is 1.19 bits per heavy atom. The number of carbonyl (C=O) groups is 1. The summed E-state index contributed by atoms with van der Waals surface area (Å²) in [6.45, 7) is 0. The molecule has 1 heterocycles. The maximum atomic E-state index is 12.2. The van der Waals surface area contributed by atoms with Gasteiger partial charge in [0, 0.05) is 17.8 Å². The zero-order valence-corrected chi connectivity index (χ0v) is 12.8. The molecule has 8 heteroatoms. The molecule has 0 spiro atoms. The van der Waals surface area contributed by atoms with E-state index in [2.05, 4.69) is 10.3 Å². The number of rotatable bonds is 3. The quantitative estimate of drug-likeness (QED) is 0.869. The molecule has 0 bridgehead atoms. The van der Waals surface area contributed by atoms with Crippen LogP contribution in [-0.4, -0.2) is 19.3 Å². The summed E-state index contributed by atoms with van der Waals surface area (Å²) in [4.78, 5) is 27.8. The van der Waals surface area contributed by atoms with Crippen LogP contribution < -0.4 is 10.9 Å². The molecule has 0 aliphatic rings. The van der Waals surface area contributed by atoms with Crippen molar-refractivity contribution >= 4 is 40.7 Å². The fourth-order valence-corrected chi connectivity index (χ4v) is 2.14. The van der Waals surface area contributed by atoms with Crippen molar-refractivity contribution in [1.29, 1.82) is 0 Å². The Balaban J connectivity index is 2.33. The Hall–Kier alpha value is -1.56. The van der Waals surface area contributed by atoms with Gasteiger partial charge < -0.3 is 5.32 Å². The van der Waals surface area contributed by atoms with Crippen LogP contribution in [0.5, 0.6) is 0 Å². The average molecular weight is 347 g/mol. The second kappa shape index (κ2) is 6.47. The molecule has 5 nitrogen and oxygen atoms in total. The minimum atomic E-state index is -1.92. The van der Waals surface area contributed by atoms with E-state index in [0.29, 0.717) is 5.56 Å². The van der Waals surface area contributed by atoms with Crippen molar-refractivity contribution in [1.82, 2.24) is 14.9 Å². The number of carbonyl (C=O) groups excluding carboxylic acids is 1. The Morgan fingerprint density at radius 3 is 2.43 bits per heavy atom. The highest BCUT2D eigenvalue weighted by atomic mass is 35.6. The molecule has 2 aromatic rings. The number of halogens is 3. The van der Waals surface area contributed by atoms with Gasteiger partial charge in [-0.2, -0.15) is 0 Å². The zero-order chi connectivity index (χ0) is 15.5. The molecule has 1 aromatic carbocycles. The standard InChI is InChI=1S/C13H10Cl3N3O2/c14-13(15,16)12(19-8-17-7-6-10(19)20)18-11(21)9-4-2-1-3-5-9/h1-8,12H,(H,18,21)/t12-/m0/s1. The molecule has 21 heavy (non-hydrogen) atoms. The molecular weight excluding hydrogens is 337 g/mol. The summed E-state index contributed by atoms with van der Waals surface area (Å²) in [5.74, 6) is -0.470. The Bertz CT molecular complexity index is 683. The lowest BCUT2D eigenvalue weighted by Crippen LogP contribution is -2.44. The molecule has 0 aliphatic carbocycles. The Kier molecular flexibility index (Phi) is 4.88. The van der Waals surface area contributed by atoms with E-state index in [0.717, 1.165) is 4.57 Å². The summed E-state index contributed by atoms with van der Waals surface area (Å²) >= 11 is 17.6. The zero-order valence-electron chi connectivity index (χ0n) is 10.5. The van der Waals surface area contributed by atoms with Crippen LogP contribution >= 0.6 is 34.8 Å². The van der Waals surface area contributed by atoms with Crippen LogP contribution in [0.4, 0.5) is 0 Å². The van der Waals surface area contributed by atoms with Crippen LogP contribution in [0.25, 0.3) is 0 Å². The summed E-state index contributed by atoms with van der Waals surface area (Å²) in [7, 11) is 0. The maximum Gasteiger partial charge on any atom is 0.255 e. The van der Waals surface area contributed by atoms with E-state index in [1.807, 2.05) is 0 Å². The maximum absolute atomic E-state index is 12.2. The SMILES string of the molecule is O=C(N[C@@H](n1cnccc1=O)C(Cl)(Cl)Cl)c1ccccc1. The van der Waals surface area contributed by atoms with Gasteiger partial charge in [0.15, 0.2) is 6.17 Å². The number of hydrogen-bond acceptors (Lipinski definition) is 3. The predicted molar refractivity (Wildman–Crippen MR) is 81.7 cm³/mol. The van der Waals surface area contributed by atoms with Crippen molar-refractivity contribution in [2.75, 3.05) is 0 Å². The first-order valence-electron chi connectivity index (χ1n) is 5.84. The van der Waals surface area contributed by atoms with Crippen LogP contribution in [0.3, 0.4) is 0 Å². The fourth-order valence-electron chi connectivity index (χ4n) is 1.66. The number of nitrogens with zero attached hydrogens (tertiary/aromatic N) is 2. The number of alkyl halides is 3. The van der Waals surface area contributed by atoms with Gasteiger partial charge in [0.25, 0.3) is 11.5 Å². The van der Waals surface area contributed by atoms with Crippen molar-refractivity contribution in [3.05, 3.63) is 64.8 Å². The fraction of sp³-hybridized carbons (Fsp3) is 0.154. The molecule has 0 fully saturated rings. The highest BCUT2D eigenvalue weighted by molar-refractivity contribution is 6.67. The number of hydrogen-bond donors (Lipinski definition) is 1. The largest absolute Gasteiger partial charge is 0.328 e. The number of aromatic nitrogens is 2. The van der Waals surface area contributed by atoms with E-state index >= 15 is 0 Å². The van der Waals surface area contributed by atoms with E-state index in [9.17, 15) is 9.59 Å². The molecule has 0 saturated carbocycles. The van der Waals surface area contributed by atoms with Crippen molar-refractivity contribution in [2.24, 2.45) is 0 Å². The first-order chi connectivity index (χ1) is 9.89. The molecule has 0 unspecified atom stereocenters. The third-order valence-corrected chi connectivity index (χ3v) is 3.26. The lowest BCUT2D eigenvalue weighted by Gasteiger charge is -2.26. The first kappa shape index (κ1) is 15.8. The molecule has 1 aromatic heterocycles. The number of amides is 1. The van der Waals surface area contributed by atoms with Gasteiger partial charge >= 0.3 is 0 Å². The van der Waals surface area contributed by atoms with E-state index in [4.69, 9.17) is 34.8 Å². The van der Waals surface area contributed by atoms with Crippen molar-refractivity contribution < 1.29 is 4.79 Å². The van der Waals surface area contributed by atoms with Gasteiger partial charge in [-0.1, -0.05) is 53.0 Å². The highest BCUT2D eigenvalue weighted by Crippen LogP contribution is 2.36. The van der Waals surface area contributed by atoms with Crippen molar-refractivity contribution in [2.45, 2.75) is 9.96 Å². The molecule has 0 aliphatic heterocycles. The van der Waals surface area contributed by atoms with Gasteiger partial charge in [-0.05, 0) is 12.1 Å². The summed E-state index contributed by atoms with van der Waals surface area (Å²) in [5.41, 5.74) is -0.0663. The number of nitrogens with one attached hydrogen (secondary N) is 1. The van der Waals surface area contributed by atoms with Crippen LogP contribution in [0.15, 0.2) is 53.7 Å². The van der Waals surface area contributed by atoms with Gasteiger partial charge in [-0.25, -0.2) is 4.98 Å². The predicted octanol–water partition coefficient (Wildman–Crippen LogP) is 2.54. The normalized spacial score (nSPS) is 12.7. The molecule has 1 atom stereocenters. The van der Waals surface area contributed by atoms with E-state index in [1.54, 1.807) is 30.3 Å². The third-order valence-electron chi connectivity index (χ3n) is 2.64. The van der Waals surface area contributed by atoms with E-state index in [-0.39, 0.29) is 0 Å². The first-order valence-corrected chi connectivity index (χ1v) is 6.98. The molecule has 2 rings (SSSR count). The van der Waals surface area contributed by atoms with Gasteiger partial charge in [0.05, 0.1) is 6.33 Å². The molecule has 1 amide bonds. The second-order valence-electron chi connectivity index (χ2n) is 4.11. The molecule has 0 radical (unpaired) electrons. The Morgan fingerprint density at radius 2 is 1.86 bits per heavy atom. The highest BCUT2D eigenvalue weighted by Gasteiger charge is 2.36. The van der Waals surface area contributed by atoms with Crippen molar-refractivity contribution in [3.63, 3.8) is 0 Å². The molecule has 0 saturated heterocycles. The summed E-state index contributed by atoms with van der Waals surface area (Å²) < 4.78 is -0.870. The minimum absolute atomic E-state index is 0.383.